The quantitative estimate of drug-likeness (QED) is 0.627. The zero-order valence-electron chi connectivity index (χ0n) is 7.71. The fourth-order valence-electron chi connectivity index (χ4n) is 0.849. The molecule has 1 N–H and O–H groups in total. The number of benzene rings is 1. The Morgan fingerprint density at radius 2 is 2.13 bits per heavy atom. The predicted octanol–water partition coefficient (Wildman–Crippen LogP) is 1.70. The summed E-state index contributed by atoms with van der Waals surface area (Å²) in [5, 5.41) is 2.25. The zero-order chi connectivity index (χ0) is 11.4. The zero-order valence-corrected chi connectivity index (χ0v) is 9.30. The number of carbonyl (C=O) groups excluding carboxylic acids is 2. The predicted molar refractivity (Wildman–Crippen MR) is 54.7 cm³/mol. The number of ether oxygens (including phenoxy) is 1. The molecule has 15 heavy (non-hydrogen) atoms. The normalized spacial score (nSPS) is 9.53. The van der Waals surface area contributed by atoms with E-state index >= 15 is 0 Å². The molecule has 0 saturated carbocycles. The second kappa shape index (κ2) is 4.88. The summed E-state index contributed by atoms with van der Waals surface area (Å²) in [6.07, 6.45) is 0. The molecule has 0 fully saturated rings. The highest BCUT2D eigenvalue weighted by molar-refractivity contribution is 9.10. The highest BCUT2D eigenvalue weighted by Gasteiger charge is 2.13. The third-order valence-corrected chi connectivity index (χ3v) is 2.16. The van der Waals surface area contributed by atoms with Gasteiger partial charge in [0.05, 0.1) is 11.6 Å². The van der Waals surface area contributed by atoms with Crippen molar-refractivity contribution in [1.29, 1.82) is 0 Å². The van der Waals surface area contributed by atoms with Gasteiger partial charge in [0.15, 0.2) is 0 Å². The van der Waals surface area contributed by atoms with Crippen LogP contribution in [0.1, 0.15) is 0 Å². The van der Waals surface area contributed by atoms with Gasteiger partial charge in [-0.05, 0) is 34.1 Å². The van der Waals surface area contributed by atoms with Crippen molar-refractivity contribution in [1.82, 2.24) is 0 Å². The third kappa shape index (κ3) is 3.02. The van der Waals surface area contributed by atoms with Gasteiger partial charge in [-0.15, -0.1) is 0 Å². The van der Waals surface area contributed by atoms with Crippen LogP contribution in [0.25, 0.3) is 0 Å². The number of nitrogens with one attached hydrogen (secondary N) is 1. The molecule has 0 radical (unpaired) electrons. The van der Waals surface area contributed by atoms with Gasteiger partial charge in [0.2, 0.25) is 0 Å². The van der Waals surface area contributed by atoms with Crippen LogP contribution >= 0.6 is 15.9 Å². The van der Waals surface area contributed by atoms with Gasteiger partial charge in [0.1, 0.15) is 5.82 Å². The van der Waals surface area contributed by atoms with Crippen LogP contribution in [-0.4, -0.2) is 19.0 Å². The van der Waals surface area contributed by atoms with Crippen molar-refractivity contribution in [2.45, 2.75) is 0 Å². The summed E-state index contributed by atoms with van der Waals surface area (Å²) in [5.41, 5.74) is 0.304. The molecule has 0 bridgehead atoms. The molecular formula is C9H7BrFNO3. The van der Waals surface area contributed by atoms with Gasteiger partial charge < -0.3 is 10.1 Å². The Labute approximate surface area is 93.5 Å². The van der Waals surface area contributed by atoms with Crippen molar-refractivity contribution in [2.24, 2.45) is 0 Å². The van der Waals surface area contributed by atoms with Crippen LogP contribution in [0.4, 0.5) is 10.1 Å². The molecule has 0 aliphatic heterocycles. The van der Waals surface area contributed by atoms with Crippen LogP contribution in [-0.2, 0) is 14.3 Å². The molecule has 0 aliphatic carbocycles. The Morgan fingerprint density at radius 3 is 2.67 bits per heavy atom. The largest absolute Gasteiger partial charge is 0.462 e. The topological polar surface area (TPSA) is 55.4 Å². The first-order valence-electron chi connectivity index (χ1n) is 3.89. The van der Waals surface area contributed by atoms with Crippen molar-refractivity contribution in [3.8, 4) is 0 Å². The number of amides is 1. The maximum Gasteiger partial charge on any atom is 0.396 e. The fourth-order valence-corrected chi connectivity index (χ4v) is 1.23. The number of rotatable bonds is 1. The van der Waals surface area contributed by atoms with E-state index in [2.05, 4.69) is 26.0 Å². The van der Waals surface area contributed by atoms with Crippen LogP contribution in [0, 0.1) is 5.82 Å². The van der Waals surface area contributed by atoms with Crippen molar-refractivity contribution < 1.29 is 18.7 Å². The first-order valence-corrected chi connectivity index (χ1v) is 4.68. The lowest BCUT2D eigenvalue weighted by atomic mass is 10.3. The van der Waals surface area contributed by atoms with Crippen molar-refractivity contribution in [2.75, 3.05) is 12.4 Å². The average Bonchev–Trinajstić information content (AvgIpc) is 2.22. The minimum Gasteiger partial charge on any atom is -0.462 e. The average molecular weight is 276 g/mol. The number of carbonyl (C=O) groups is 2. The first kappa shape index (κ1) is 11.6. The molecule has 0 unspecified atom stereocenters. The highest BCUT2D eigenvalue weighted by atomic mass is 79.9. The summed E-state index contributed by atoms with van der Waals surface area (Å²) in [7, 11) is 1.10. The first-order chi connectivity index (χ1) is 7.04. The summed E-state index contributed by atoms with van der Waals surface area (Å²) in [6.45, 7) is 0. The van der Waals surface area contributed by atoms with E-state index in [0.29, 0.717) is 5.69 Å². The van der Waals surface area contributed by atoms with Crippen molar-refractivity contribution in [3.05, 3.63) is 28.5 Å². The molecule has 1 rings (SSSR count). The lowest BCUT2D eigenvalue weighted by Crippen LogP contribution is -2.23. The van der Waals surface area contributed by atoms with Crippen LogP contribution in [0.15, 0.2) is 22.7 Å². The summed E-state index contributed by atoms with van der Waals surface area (Å²) in [5.74, 6) is -2.36. The van der Waals surface area contributed by atoms with Gasteiger partial charge in [0.25, 0.3) is 0 Å². The van der Waals surface area contributed by atoms with Gasteiger partial charge in [-0.3, -0.25) is 4.79 Å². The Morgan fingerprint density at radius 1 is 1.47 bits per heavy atom. The second-order valence-electron chi connectivity index (χ2n) is 2.57. The summed E-state index contributed by atoms with van der Waals surface area (Å²) >= 11 is 2.95. The molecule has 0 saturated heterocycles. The van der Waals surface area contributed by atoms with Crippen molar-refractivity contribution in [3.63, 3.8) is 0 Å². The number of methoxy groups -OCH3 is 1. The van der Waals surface area contributed by atoms with Gasteiger partial charge in [-0.25, -0.2) is 9.18 Å². The number of hydrogen-bond acceptors (Lipinski definition) is 3. The van der Waals surface area contributed by atoms with E-state index < -0.39 is 17.7 Å². The third-order valence-electron chi connectivity index (χ3n) is 1.55. The maximum absolute atomic E-state index is 12.8. The van der Waals surface area contributed by atoms with E-state index in [1.165, 1.54) is 12.1 Å². The molecule has 80 valence electrons. The standard InChI is InChI=1S/C9H7BrFNO3/c1-15-9(14)8(13)12-5-2-3-7(11)6(10)4-5/h2-4H,1H3,(H,12,13). The van der Waals surface area contributed by atoms with Crippen molar-refractivity contribution >= 4 is 33.5 Å². The lowest BCUT2D eigenvalue weighted by Gasteiger charge is -2.04. The smallest absolute Gasteiger partial charge is 0.396 e. The minimum atomic E-state index is -1.00. The molecule has 0 heterocycles. The molecule has 0 spiro atoms. The molecule has 1 amide bonds. The van der Waals surface area contributed by atoms with E-state index in [4.69, 9.17) is 0 Å². The Bertz CT molecular complexity index is 408. The molecule has 1 aromatic carbocycles. The molecule has 4 nitrogen and oxygen atoms in total. The minimum absolute atomic E-state index is 0.199. The van der Waals surface area contributed by atoms with Gasteiger partial charge in [-0.1, -0.05) is 0 Å². The van der Waals surface area contributed by atoms with Gasteiger partial charge >= 0.3 is 11.9 Å². The molecule has 1 aromatic rings. The fraction of sp³-hybridized carbons (Fsp3) is 0.111. The van der Waals surface area contributed by atoms with Gasteiger partial charge in [0, 0.05) is 5.69 Å². The lowest BCUT2D eigenvalue weighted by molar-refractivity contribution is -0.150. The van der Waals surface area contributed by atoms with E-state index in [9.17, 15) is 14.0 Å². The Kier molecular flexibility index (Phi) is 3.79. The molecule has 0 aliphatic rings. The SMILES string of the molecule is COC(=O)C(=O)Nc1ccc(F)c(Br)c1. The number of anilines is 1. The summed E-state index contributed by atoms with van der Waals surface area (Å²) < 4.78 is 17.2. The van der Waals surface area contributed by atoms with Crippen LogP contribution < -0.4 is 5.32 Å². The van der Waals surface area contributed by atoms with Crippen LogP contribution in [0.2, 0.25) is 0 Å². The molecular weight excluding hydrogens is 269 g/mol. The summed E-state index contributed by atoms with van der Waals surface area (Å²) in [4.78, 5) is 21.8. The van der Waals surface area contributed by atoms with E-state index in [1.807, 2.05) is 0 Å². The number of halogens is 2. The highest BCUT2D eigenvalue weighted by Crippen LogP contribution is 2.19. The van der Waals surface area contributed by atoms with E-state index in [1.54, 1.807) is 0 Å². The van der Waals surface area contributed by atoms with Crippen LogP contribution in [0.5, 0.6) is 0 Å². The van der Waals surface area contributed by atoms with E-state index in [-0.39, 0.29) is 4.47 Å². The van der Waals surface area contributed by atoms with E-state index in [0.717, 1.165) is 13.2 Å². The molecule has 0 atom stereocenters. The Hall–Kier alpha value is -1.43. The number of esters is 1. The van der Waals surface area contributed by atoms with Crippen LogP contribution in [0.3, 0.4) is 0 Å². The monoisotopic (exact) mass is 275 g/mol. The number of hydrogen-bond donors (Lipinski definition) is 1. The summed E-state index contributed by atoms with van der Waals surface area (Å²) in [6, 6.07) is 3.84. The maximum atomic E-state index is 12.8. The van der Waals surface area contributed by atoms with Gasteiger partial charge in [-0.2, -0.15) is 0 Å². The molecule has 0 aromatic heterocycles. The molecule has 6 heteroatoms. The second-order valence-corrected chi connectivity index (χ2v) is 3.43. The Balaban J connectivity index is 2.77.